The summed E-state index contributed by atoms with van der Waals surface area (Å²) in [5.74, 6) is 2.98. The van der Waals surface area contributed by atoms with Crippen molar-refractivity contribution < 1.29 is 9.53 Å². The highest BCUT2D eigenvalue weighted by Gasteiger charge is 2.28. The van der Waals surface area contributed by atoms with Gasteiger partial charge in [-0.15, -0.1) is 30.4 Å². The molecule has 0 aliphatic carbocycles. The van der Waals surface area contributed by atoms with Crippen LogP contribution in [-0.2, 0) is 9.53 Å². The van der Waals surface area contributed by atoms with Crippen molar-refractivity contribution in [2.45, 2.75) is 26.3 Å². The minimum atomic E-state index is -0.196. The number of anilines is 1. The molecule has 29 heavy (non-hydrogen) atoms. The summed E-state index contributed by atoms with van der Waals surface area (Å²) in [5.41, 5.74) is 1.35. The number of amides is 1. The van der Waals surface area contributed by atoms with Crippen LogP contribution in [0, 0.1) is 12.3 Å². The number of ether oxygens (including phenoxy) is 1. The molecule has 1 fully saturated rings. The zero-order valence-corrected chi connectivity index (χ0v) is 19.8. The van der Waals surface area contributed by atoms with E-state index in [1.807, 2.05) is 19.1 Å². The van der Waals surface area contributed by atoms with Crippen molar-refractivity contribution in [2.24, 2.45) is 4.99 Å². The van der Waals surface area contributed by atoms with Crippen LogP contribution >= 0.6 is 24.0 Å². The molecule has 1 aromatic rings. The Morgan fingerprint density at radius 3 is 2.69 bits per heavy atom. The molecule has 3 N–H and O–H groups in total. The largest absolute Gasteiger partial charge is 0.379 e. The monoisotopic (exact) mass is 513 g/mol. The normalized spacial score (nSPS) is 15.0. The van der Waals surface area contributed by atoms with E-state index in [9.17, 15) is 4.79 Å². The third-order valence-electron chi connectivity index (χ3n) is 4.59. The van der Waals surface area contributed by atoms with Crippen LogP contribution < -0.4 is 16.0 Å². The van der Waals surface area contributed by atoms with Gasteiger partial charge >= 0.3 is 0 Å². The molecule has 1 heterocycles. The molecule has 0 radical (unpaired) electrons. The Morgan fingerprint density at radius 2 is 2.03 bits per heavy atom. The summed E-state index contributed by atoms with van der Waals surface area (Å²) < 4.78 is 5.43. The van der Waals surface area contributed by atoms with Crippen LogP contribution in [-0.4, -0.2) is 68.2 Å². The van der Waals surface area contributed by atoms with Crippen LogP contribution in [0.25, 0.3) is 0 Å². The van der Waals surface area contributed by atoms with Crippen LogP contribution in [0.4, 0.5) is 5.69 Å². The fraction of sp³-hybridized carbons (Fsp3) is 0.524. The number of guanidine groups is 1. The van der Waals surface area contributed by atoms with Crippen molar-refractivity contribution in [1.82, 2.24) is 15.5 Å². The van der Waals surface area contributed by atoms with Crippen LogP contribution in [0.5, 0.6) is 0 Å². The lowest BCUT2D eigenvalue weighted by molar-refractivity contribution is -0.114. The summed E-state index contributed by atoms with van der Waals surface area (Å²) in [6.45, 7) is 11.2. The van der Waals surface area contributed by atoms with Gasteiger partial charge in [0.15, 0.2) is 5.96 Å². The number of terminal acetylenes is 1. The summed E-state index contributed by atoms with van der Waals surface area (Å²) in [4.78, 5) is 19.0. The van der Waals surface area contributed by atoms with Gasteiger partial charge < -0.3 is 20.7 Å². The third kappa shape index (κ3) is 8.60. The second-order valence-corrected chi connectivity index (χ2v) is 7.23. The molecule has 8 heteroatoms. The van der Waals surface area contributed by atoms with E-state index in [0.29, 0.717) is 18.2 Å². The minimum absolute atomic E-state index is 0. The van der Waals surface area contributed by atoms with E-state index in [2.05, 4.69) is 45.6 Å². The highest BCUT2D eigenvalue weighted by Crippen LogP contribution is 2.15. The molecule has 1 aliphatic rings. The molecule has 1 aromatic carbocycles. The van der Waals surface area contributed by atoms with E-state index in [1.165, 1.54) is 0 Å². The molecule has 0 saturated carbocycles. The molecule has 0 atom stereocenters. The maximum atomic E-state index is 12.2. The average molecular weight is 513 g/mol. The van der Waals surface area contributed by atoms with Crippen molar-refractivity contribution in [3.63, 3.8) is 0 Å². The number of carbonyl (C=O) groups is 1. The number of nitrogens with one attached hydrogen (secondary N) is 3. The number of nitrogens with zero attached hydrogens (tertiary/aromatic N) is 2. The third-order valence-corrected chi connectivity index (χ3v) is 4.59. The van der Waals surface area contributed by atoms with Gasteiger partial charge in [-0.1, -0.05) is 12.0 Å². The van der Waals surface area contributed by atoms with Gasteiger partial charge in [0.05, 0.1) is 13.2 Å². The molecule has 0 bridgehead atoms. The van der Waals surface area contributed by atoms with Crippen molar-refractivity contribution in [1.29, 1.82) is 0 Å². The van der Waals surface area contributed by atoms with E-state index in [4.69, 9.17) is 11.2 Å². The van der Waals surface area contributed by atoms with Gasteiger partial charge in [-0.2, -0.15) is 0 Å². The first-order chi connectivity index (χ1) is 13.4. The smallest absolute Gasteiger partial charge is 0.246 e. The highest BCUT2D eigenvalue weighted by atomic mass is 127. The first-order valence-electron chi connectivity index (χ1n) is 9.66. The standard InChI is InChI=1S/C21H31N5O2.HI/c1-5-17-8-7-9-18(14-17)25-19(27)15-23-20(22-6-2)24-16-21(3,4)26-10-12-28-13-11-26;/h1,7-9,14H,6,10-13,15-16H2,2-4H3,(H,25,27)(H2,22,23,24);1H. The van der Waals surface area contributed by atoms with Gasteiger partial charge in [0.2, 0.25) is 5.91 Å². The number of rotatable bonds is 7. The number of aliphatic imine (C=N–C) groups is 1. The van der Waals surface area contributed by atoms with Crippen molar-refractivity contribution in [3.05, 3.63) is 29.8 Å². The lowest BCUT2D eigenvalue weighted by Crippen LogP contribution is -2.56. The number of hydrogen-bond donors (Lipinski definition) is 3. The van der Waals surface area contributed by atoms with Gasteiger partial charge in [0.25, 0.3) is 0 Å². The van der Waals surface area contributed by atoms with E-state index in [-0.39, 0.29) is 42.0 Å². The Labute approximate surface area is 191 Å². The summed E-state index contributed by atoms with van der Waals surface area (Å²) in [5, 5.41) is 9.35. The number of morpholine rings is 1. The summed E-state index contributed by atoms with van der Waals surface area (Å²) in [6, 6.07) is 7.19. The molecule has 1 aliphatic heterocycles. The second kappa shape index (κ2) is 12.7. The quantitative estimate of drug-likeness (QED) is 0.225. The van der Waals surface area contributed by atoms with Gasteiger partial charge in [0, 0.05) is 43.0 Å². The Morgan fingerprint density at radius 1 is 1.31 bits per heavy atom. The van der Waals surface area contributed by atoms with Gasteiger partial charge in [-0.05, 0) is 39.0 Å². The first-order valence-corrected chi connectivity index (χ1v) is 9.66. The zero-order valence-electron chi connectivity index (χ0n) is 17.5. The number of benzene rings is 1. The fourth-order valence-electron chi connectivity index (χ4n) is 2.96. The maximum absolute atomic E-state index is 12.2. The topological polar surface area (TPSA) is 78.0 Å². The first kappa shape index (κ1) is 25.2. The Balaban J connectivity index is 0.00000420. The van der Waals surface area contributed by atoms with Crippen molar-refractivity contribution in [2.75, 3.05) is 51.3 Å². The molecule has 0 aromatic heterocycles. The van der Waals surface area contributed by atoms with Crippen LogP contribution in [0.3, 0.4) is 0 Å². The molecule has 7 nitrogen and oxygen atoms in total. The summed E-state index contributed by atoms with van der Waals surface area (Å²) in [7, 11) is 0. The number of halogens is 1. The number of hydrogen-bond acceptors (Lipinski definition) is 4. The van der Waals surface area contributed by atoms with Gasteiger partial charge in [-0.25, -0.2) is 4.99 Å². The molecular weight excluding hydrogens is 481 g/mol. The van der Waals surface area contributed by atoms with Crippen LogP contribution in [0.15, 0.2) is 29.3 Å². The van der Waals surface area contributed by atoms with Crippen molar-refractivity contribution in [3.8, 4) is 12.3 Å². The lowest BCUT2D eigenvalue weighted by Gasteiger charge is -2.41. The van der Waals surface area contributed by atoms with Gasteiger partial charge in [0.1, 0.15) is 6.54 Å². The maximum Gasteiger partial charge on any atom is 0.246 e. The summed E-state index contributed by atoms with van der Waals surface area (Å²) >= 11 is 0. The van der Waals surface area contributed by atoms with E-state index >= 15 is 0 Å². The predicted molar refractivity (Wildman–Crippen MR) is 129 cm³/mol. The highest BCUT2D eigenvalue weighted by molar-refractivity contribution is 14.0. The molecule has 2 rings (SSSR count). The molecule has 0 spiro atoms. The van der Waals surface area contributed by atoms with E-state index in [1.54, 1.807) is 12.1 Å². The van der Waals surface area contributed by atoms with E-state index < -0.39 is 0 Å². The number of carbonyl (C=O) groups excluding carboxylic acids is 1. The summed E-state index contributed by atoms with van der Waals surface area (Å²) in [6.07, 6.45) is 5.39. The van der Waals surface area contributed by atoms with Crippen LogP contribution in [0.2, 0.25) is 0 Å². The average Bonchev–Trinajstić information content (AvgIpc) is 2.71. The zero-order chi connectivity index (χ0) is 20.4. The Kier molecular flexibility index (Phi) is 11.0. The second-order valence-electron chi connectivity index (χ2n) is 7.23. The Bertz CT molecular complexity index is 724. The molecular formula is C21H32IN5O2. The SMILES string of the molecule is C#Cc1cccc(NC(=O)CN=C(NCC)NCC(C)(C)N2CCOCC2)c1.I. The minimum Gasteiger partial charge on any atom is -0.379 e. The molecule has 0 unspecified atom stereocenters. The molecule has 160 valence electrons. The molecule has 1 amide bonds. The molecule has 1 saturated heterocycles. The lowest BCUT2D eigenvalue weighted by atomic mass is 10.0. The van der Waals surface area contributed by atoms with E-state index in [0.717, 1.165) is 38.4 Å². The van der Waals surface area contributed by atoms with Crippen molar-refractivity contribution >= 4 is 41.5 Å². The fourth-order valence-corrected chi connectivity index (χ4v) is 2.96. The van der Waals surface area contributed by atoms with Gasteiger partial charge in [-0.3, -0.25) is 9.69 Å². The Hall–Kier alpha value is -1.83. The van der Waals surface area contributed by atoms with Crippen LogP contribution in [0.1, 0.15) is 26.3 Å². The predicted octanol–water partition coefficient (Wildman–Crippen LogP) is 1.89.